The van der Waals surface area contributed by atoms with E-state index in [1.165, 1.54) is 0 Å². The van der Waals surface area contributed by atoms with Crippen LogP contribution in [0.2, 0.25) is 0 Å². The van der Waals surface area contributed by atoms with E-state index in [1.807, 2.05) is 11.0 Å². The van der Waals surface area contributed by atoms with Gasteiger partial charge in [0.25, 0.3) is 5.91 Å². The topological polar surface area (TPSA) is 83.5 Å². The molecule has 0 bridgehead atoms. The van der Waals surface area contributed by atoms with Crippen molar-refractivity contribution in [3.05, 3.63) is 42.5 Å². The van der Waals surface area contributed by atoms with Gasteiger partial charge in [-0.05, 0) is 18.2 Å². The maximum atomic E-state index is 12.7. The van der Waals surface area contributed by atoms with Crippen LogP contribution in [0.3, 0.4) is 0 Å². The number of aromatic nitrogens is 3. The number of ether oxygens (including phenoxy) is 1. The Morgan fingerprint density at radius 2 is 1.92 bits per heavy atom. The number of pyridine rings is 1. The highest BCUT2D eigenvalue weighted by atomic mass is 16.5. The molecule has 0 saturated carbocycles. The molecule has 0 atom stereocenters. The van der Waals surface area contributed by atoms with Gasteiger partial charge < -0.3 is 19.9 Å². The first-order valence-electron chi connectivity index (χ1n) is 8.28. The minimum absolute atomic E-state index is 0.0518. The van der Waals surface area contributed by atoms with Crippen molar-refractivity contribution in [2.75, 3.05) is 56.7 Å². The second-order valence-corrected chi connectivity index (χ2v) is 5.68. The molecular formula is C17H22N6O2. The van der Waals surface area contributed by atoms with Gasteiger partial charge in [0.2, 0.25) is 5.95 Å². The van der Waals surface area contributed by atoms with Crippen molar-refractivity contribution in [2.45, 2.75) is 0 Å². The fourth-order valence-electron chi connectivity index (χ4n) is 2.68. The third kappa shape index (κ3) is 4.42. The van der Waals surface area contributed by atoms with Gasteiger partial charge in [0.05, 0.1) is 6.61 Å². The first-order chi connectivity index (χ1) is 12.3. The molecule has 3 rings (SSSR count). The van der Waals surface area contributed by atoms with Gasteiger partial charge >= 0.3 is 0 Å². The molecule has 1 N–H and O–H groups in total. The zero-order chi connectivity index (χ0) is 17.5. The molecule has 1 aliphatic rings. The molecule has 0 spiro atoms. The second kappa shape index (κ2) is 8.39. The van der Waals surface area contributed by atoms with E-state index < -0.39 is 0 Å². The third-order valence-corrected chi connectivity index (χ3v) is 4.02. The van der Waals surface area contributed by atoms with Gasteiger partial charge in [-0.3, -0.25) is 9.78 Å². The van der Waals surface area contributed by atoms with E-state index in [0.29, 0.717) is 51.0 Å². The normalized spacial score (nSPS) is 14.4. The van der Waals surface area contributed by atoms with Crippen LogP contribution in [0.1, 0.15) is 10.5 Å². The Labute approximate surface area is 146 Å². The highest BCUT2D eigenvalue weighted by Crippen LogP contribution is 2.14. The summed E-state index contributed by atoms with van der Waals surface area (Å²) in [5, 5.41) is 3.21. The minimum Gasteiger partial charge on any atom is -0.383 e. The number of hydrogen-bond acceptors (Lipinski definition) is 7. The van der Waals surface area contributed by atoms with Gasteiger partial charge in [-0.2, -0.15) is 0 Å². The van der Waals surface area contributed by atoms with Gasteiger partial charge in [-0.1, -0.05) is 0 Å². The summed E-state index contributed by atoms with van der Waals surface area (Å²) in [5.74, 6) is 0.654. The number of carbonyl (C=O) groups excluding carboxylic acids is 1. The summed E-state index contributed by atoms with van der Waals surface area (Å²) in [6.45, 7) is 3.96. The number of anilines is 2. The number of hydrogen-bond donors (Lipinski definition) is 1. The standard InChI is InChI=1S/C17H22N6O2/c1-25-12-7-18-14-3-6-19-15(13-14)16(24)22-8-10-23(11-9-22)17-20-4-2-5-21-17/h2-6,13H,7-12H2,1H3,(H,18,19). The maximum Gasteiger partial charge on any atom is 0.272 e. The highest BCUT2D eigenvalue weighted by Gasteiger charge is 2.24. The summed E-state index contributed by atoms with van der Waals surface area (Å²) >= 11 is 0. The quantitative estimate of drug-likeness (QED) is 0.781. The Morgan fingerprint density at radius 1 is 1.16 bits per heavy atom. The van der Waals surface area contributed by atoms with E-state index >= 15 is 0 Å². The summed E-state index contributed by atoms with van der Waals surface area (Å²) in [5.41, 5.74) is 1.32. The predicted octanol–water partition coefficient (Wildman–Crippen LogP) is 0.892. The van der Waals surface area contributed by atoms with Crippen LogP contribution in [-0.2, 0) is 4.74 Å². The molecule has 2 aromatic heterocycles. The lowest BCUT2D eigenvalue weighted by atomic mass is 10.2. The smallest absolute Gasteiger partial charge is 0.272 e. The summed E-state index contributed by atoms with van der Waals surface area (Å²) in [6.07, 6.45) is 5.11. The summed E-state index contributed by atoms with van der Waals surface area (Å²) in [4.78, 5) is 29.3. The lowest BCUT2D eigenvalue weighted by Gasteiger charge is -2.34. The van der Waals surface area contributed by atoms with Gasteiger partial charge in [0, 0.05) is 64.1 Å². The highest BCUT2D eigenvalue weighted by molar-refractivity contribution is 5.93. The maximum absolute atomic E-state index is 12.7. The predicted molar refractivity (Wildman–Crippen MR) is 94.8 cm³/mol. The van der Waals surface area contributed by atoms with E-state index in [0.717, 1.165) is 5.69 Å². The van der Waals surface area contributed by atoms with Gasteiger partial charge in [-0.25, -0.2) is 9.97 Å². The van der Waals surface area contributed by atoms with Gasteiger partial charge in [-0.15, -0.1) is 0 Å². The average Bonchev–Trinajstić information content (AvgIpc) is 2.69. The van der Waals surface area contributed by atoms with Crippen LogP contribution < -0.4 is 10.2 Å². The molecular weight excluding hydrogens is 320 g/mol. The molecule has 1 fully saturated rings. The van der Waals surface area contributed by atoms with Crippen molar-refractivity contribution in [1.29, 1.82) is 0 Å². The van der Waals surface area contributed by atoms with Crippen molar-refractivity contribution in [3.63, 3.8) is 0 Å². The molecule has 2 aromatic rings. The summed E-state index contributed by atoms with van der Waals surface area (Å²) in [6, 6.07) is 5.42. The number of nitrogens with zero attached hydrogens (tertiary/aromatic N) is 5. The van der Waals surface area contributed by atoms with Crippen molar-refractivity contribution in [2.24, 2.45) is 0 Å². The molecule has 1 amide bonds. The monoisotopic (exact) mass is 342 g/mol. The molecule has 3 heterocycles. The molecule has 1 saturated heterocycles. The summed E-state index contributed by atoms with van der Waals surface area (Å²) in [7, 11) is 1.66. The number of piperazine rings is 1. The van der Waals surface area contributed by atoms with Gasteiger partial charge in [0.1, 0.15) is 5.69 Å². The number of rotatable bonds is 6. The fourth-order valence-corrected chi connectivity index (χ4v) is 2.68. The van der Waals surface area contributed by atoms with Crippen LogP contribution in [0.25, 0.3) is 0 Å². The largest absolute Gasteiger partial charge is 0.383 e. The van der Waals surface area contributed by atoms with E-state index in [4.69, 9.17) is 4.74 Å². The second-order valence-electron chi connectivity index (χ2n) is 5.68. The van der Waals surface area contributed by atoms with E-state index in [-0.39, 0.29) is 5.91 Å². The first-order valence-corrected chi connectivity index (χ1v) is 8.28. The van der Waals surface area contributed by atoms with Crippen molar-refractivity contribution in [1.82, 2.24) is 19.9 Å². The molecule has 8 nitrogen and oxygen atoms in total. The van der Waals surface area contributed by atoms with Crippen LogP contribution in [-0.4, -0.2) is 72.2 Å². The average molecular weight is 342 g/mol. The Bertz CT molecular complexity index is 689. The number of nitrogens with one attached hydrogen (secondary N) is 1. The van der Waals surface area contributed by atoms with E-state index in [1.54, 1.807) is 37.8 Å². The van der Waals surface area contributed by atoms with Crippen LogP contribution in [0.4, 0.5) is 11.6 Å². The van der Waals surface area contributed by atoms with Crippen molar-refractivity contribution < 1.29 is 9.53 Å². The van der Waals surface area contributed by atoms with E-state index in [2.05, 4.69) is 25.2 Å². The molecule has 132 valence electrons. The lowest BCUT2D eigenvalue weighted by molar-refractivity contribution is 0.0740. The Morgan fingerprint density at radius 3 is 2.64 bits per heavy atom. The molecule has 0 radical (unpaired) electrons. The molecule has 0 aromatic carbocycles. The van der Waals surface area contributed by atoms with E-state index in [9.17, 15) is 4.79 Å². The zero-order valence-electron chi connectivity index (χ0n) is 14.3. The molecule has 8 heteroatoms. The fraction of sp³-hybridized carbons (Fsp3) is 0.412. The number of amides is 1. The minimum atomic E-state index is -0.0518. The summed E-state index contributed by atoms with van der Waals surface area (Å²) < 4.78 is 5.01. The molecule has 0 unspecified atom stereocenters. The Kier molecular flexibility index (Phi) is 5.73. The zero-order valence-corrected chi connectivity index (χ0v) is 14.3. The lowest BCUT2D eigenvalue weighted by Crippen LogP contribution is -2.49. The molecule has 1 aliphatic heterocycles. The SMILES string of the molecule is COCCNc1ccnc(C(=O)N2CCN(c3ncccn3)CC2)c1. The Hall–Kier alpha value is -2.74. The number of methoxy groups -OCH3 is 1. The van der Waals surface area contributed by atoms with Gasteiger partial charge in [0.15, 0.2) is 0 Å². The van der Waals surface area contributed by atoms with Crippen LogP contribution in [0.15, 0.2) is 36.8 Å². The molecule has 25 heavy (non-hydrogen) atoms. The Balaban J connectivity index is 1.58. The first kappa shape index (κ1) is 17.1. The third-order valence-electron chi connectivity index (χ3n) is 4.02. The van der Waals surface area contributed by atoms with Crippen LogP contribution in [0.5, 0.6) is 0 Å². The van der Waals surface area contributed by atoms with Crippen molar-refractivity contribution >= 4 is 17.5 Å². The number of carbonyl (C=O) groups is 1. The van der Waals surface area contributed by atoms with Crippen LogP contribution >= 0.6 is 0 Å². The van der Waals surface area contributed by atoms with Crippen molar-refractivity contribution in [3.8, 4) is 0 Å². The molecule has 0 aliphatic carbocycles. The van der Waals surface area contributed by atoms with Crippen LogP contribution in [0, 0.1) is 0 Å².